The maximum atomic E-state index is 12.1. The van der Waals surface area contributed by atoms with E-state index in [1.165, 1.54) is 6.08 Å². The van der Waals surface area contributed by atoms with E-state index in [9.17, 15) is 9.59 Å². The maximum Gasteiger partial charge on any atom is 0.248 e. The van der Waals surface area contributed by atoms with Crippen LogP contribution in [0.5, 0.6) is 0 Å². The molecule has 0 aromatic heterocycles. The fraction of sp³-hybridized carbons (Fsp3) is 0.105. The van der Waals surface area contributed by atoms with Crippen molar-refractivity contribution >= 4 is 23.6 Å². The lowest BCUT2D eigenvalue weighted by Crippen LogP contribution is -2.22. The molecule has 0 spiro atoms. The van der Waals surface area contributed by atoms with Gasteiger partial charge < -0.3 is 10.6 Å². The van der Waals surface area contributed by atoms with Crippen LogP contribution in [0, 0.1) is 11.3 Å². The van der Waals surface area contributed by atoms with E-state index < -0.39 is 0 Å². The van der Waals surface area contributed by atoms with Crippen molar-refractivity contribution in [2.24, 2.45) is 0 Å². The van der Waals surface area contributed by atoms with Crippen LogP contribution in [0.2, 0.25) is 0 Å². The Morgan fingerprint density at radius 1 is 1.04 bits per heavy atom. The summed E-state index contributed by atoms with van der Waals surface area (Å²) in [5.74, 6) is -0.600. The predicted octanol–water partition coefficient (Wildman–Crippen LogP) is 2.87. The quantitative estimate of drug-likeness (QED) is 0.803. The number of carbonyl (C=O) groups excluding carboxylic acids is 2. The predicted molar refractivity (Wildman–Crippen MR) is 92.6 cm³/mol. The van der Waals surface area contributed by atoms with Crippen LogP contribution >= 0.6 is 0 Å². The summed E-state index contributed by atoms with van der Waals surface area (Å²) in [5, 5.41) is 13.9. The van der Waals surface area contributed by atoms with Gasteiger partial charge in [-0.1, -0.05) is 48.5 Å². The van der Waals surface area contributed by atoms with Gasteiger partial charge >= 0.3 is 0 Å². The molecule has 2 aromatic rings. The van der Waals surface area contributed by atoms with Gasteiger partial charge in [0.2, 0.25) is 11.8 Å². The zero-order valence-electron chi connectivity index (χ0n) is 13.0. The molecule has 5 heteroatoms. The van der Waals surface area contributed by atoms with Crippen LogP contribution in [0.25, 0.3) is 6.08 Å². The lowest BCUT2D eigenvalue weighted by molar-refractivity contribution is -0.120. The van der Waals surface area contributed by atoms with Gasteiger partial charge in [-0.15, -0.1) is 0 Å². The highest BCUT2D eigenvalue weighted by atomic mass is 16.2. The van der Waals surface area contributed by atoms with Gasteiger partial charge in [0.1, 0.15) is 6.42 Å². The Balaban J connectivity index is 1.99. The Bertz CT molecular complexity index is 777. The van der Waals surface area contributed by atoms with Crippen molar-refractivity contribution < 1.29 is 9.59 Å². The minimum atomic E-state index is -0.345. The van der Waals surface area contributed by atoms with E-state index in [-0.39, 0.29) is 24.8 Å². The van der Waals surface area contributed by atoms with Crippen LogP contribution in [-0.4, -0.2) is 11.8 Å². The number of nitriles is 1. The molecule has 0 radical (unpaired) electrons. The largest absolute Gasteiger partial charge is 0.351 e. The van der Waals surface area contributed by atoms with Crippen molar-refractivity contribution in [1.29, 1.82) is 5.26 Å². The number of rotatable bonds is 6. The summed E-state index contributed by atoms with van der Waals surface area (Å²) in [6.07, 6.45) is 3.00. The minimum Gasteiger partial charge on any atom is -0.351 e. The lowest BCUT2D eigenvalue weighted by atomic mass is 10.1. The van der Waals surface area contributed by atoms with E-state index in [1.807, 2.05) is 42.5 Å². The Morgan fingerprint density at radius 3 is 2.50 bits per heavy atom. The van der Waals surface area contributed by atoms with E-state index in [0.717, 1.165) is 11.1 Å². The van der Waals surface area contributed by atoms with E-state index >= 15 is 0 Å². The first-order chi connectivity index (χ1) is 11.7. The third kappa shape index (κ3) is 5.43. The van der Waals surface area contributed by atoms with Gasteiger partial charge in [-0.25, -0.2) is 0 Å². The second-order valence-electron chi connectivity index (χ2n) is 5.00. The fourth-order valence-corrected chi connectivity index (χ4v) is 2.03. The van der Waals surface area contributed by atoms with Crippen molar-refractivity contribution in [3.63, 3.8) is 0 Å². The van der Waals surface area contributed by atoms with Gasteiger partial charge in [0, 0.05) is 18.3 Å². The molecule has 0 aliphatic carbocycles. The van der Waals surface area contributed by atoms with E-state index in [1.54, 1.807) is 24.3 Å². The first-order valence-electron chi connectivity index (χ1n) is 7.44. The number of carbonyl (C=O) groups is 2. The Kier molecular flexibility index (Phi) is 6.30. The molecule has 2 rings (SSSR count). The number of nitrogens with zero attached hydrogens (tertiary/aromatic N) is 1. The Hall–Kier alpha value is -3.39. The SMILES string of the molecule is N#CCC(=O)NCc1ccccc1NC(=O)/C=C/c1ccccc1. The summed E-state index contributed by atoms with van der Waals surface area (Å²) in [7, 11) is 0. The number of hydrogen-bond acceptors (Lipinski definition) is 3. The second kappa shape index (κ2) is 8.91. The van der Waals surface area contributed by atoms with Crippen LogP contribution in [0.3, 0.4) is 0 Å². The maximum absolute atomic E-state index is 12.1. The zero-order valence-corrected chi connectivity index (χ0v) is 13.0. The summed E-state index contributed by atoms with van der Waals surface area (Å²) in [5.41, 5.74) is 2.33. The molecule has 2 N–H and O–H groups in total. The van der Waals surface area contributed by atoms with Crippen LogP contribution in [0.15, 0.2) is 60.7 Å². The molecule has 0 saturated carbocycles. The number of nitrogens with one attached hydrogen (secondary N) is 2. The molecule has 0 bridgehead atoms. The second-order valence-corrected chi connectivity index (χ2v) is 5.00. The van der Waals surface area contributed by atoms with E-state index in [2.05, 4.69) is 10.6 Å². The molecule has 0 heterocycles. The molecule has 0 unspecified atom stereocenters. The van der Waals surface area contributed by atoms with Crippen LogP contribution in [0.1, 0.15) is 17.5 Å². The highest BCUT2D eigenvalue weighted by molar-refractivity contribution is 6.02. The smallest absolute Gasteiger partial charge is 0.248 e. The number of para-hydroxylation sites is 1. The normalized spacial score (nSPS) is 10.1. The Morgan fingerprint density at radius 2 is 1.75 bits per heavy atom. The summed E-state index contributed by atoms with van der Waals surface area (Å²) >= 11 is 0. The third-order valence-corrected chi connectivity index (χ3v) is 3.22. The van der Waals surface area contributed by atoms with Gasteiger partial charge in [0.25, 0.3) is 0 Å². The highest BCUT2D eigenvalue weighted by Crippen LogP contribution is 2.15. The first-order valence-corrected chi connectivity index (χ1v) is 7.44. The van der Waals surface area contributed by atoms with Gasteiger partial charge in [-0.2, -0.15) is 5.26 Å². The molecule has 5 nitrogen and oxygen atoms in total. The molecule has 2 amide bonds. The Labute approximate surface area is 140 Å². The fourth-order valence-electron chi connectivity index (χ4n) is 2.03. The van der Waals surface area contributed by atoms with Crippen molar-refractivity contribution in [3.05, 3.63) is 71.8 Å². The van der Waals surface area contributed by atoms with Crippen molar-refractivity contribution in [1.82, 2.24) is 5.32 Å². The minimum absolute atomic E-state index is 0.186. The summed E-state index contributed by atoms with van der Waals surface area (Å²) in [4.78, 5) is 23.4. The average molecular weight is 319 g/mol. The standard InChI is InChI=1S/C19H17N3O2/c20-13-12-18(23)21-14-16-8-4-5-9-17(16)22-19(24)11-10-15-6-2-1-3-7-15/h1-11H,12,14H2,(H,21,23)(H,22,24)/b11-10+. The van der Waals surface area contributed by atoms with Crippen LogP contribution < -0.4 is 10.6 Å². The molecule has 0 aliphatic rings. The number of benzene rings is 2. The topological polar surface area (TPSA) is 82.0 Å². The molecular formula is C19H17N3O2. The van der Waals surface area contributed by atoms with Gasteiger partial charge in [0.05, 0.1) is 6.07 Å². The number of anilines is 1. The van der Waals surface area contributed by atoms with Crippen molar-refractivity contribution in [2.45, 2.75) is 13.0 Å². The summed E-state index contributed by atoms with van der Waals surface area (Å²) < 4.78 is 0. The average Bonchev–Trinajstić information content (AvgIpc) is 2.60. The molecule has 2 aromatic carbocycles. The molecule has 0 aliphatic heterocycles. The lowest BCUT2D eigenvalue weighted by Gasteiger charge is -2.10. The van der Waals surface area contributed by atoms with Crippen LogP contribution in [0.4, 0.5) is 5.69 Å². The molecule has 0 saturated heterocycles. The molecule has 120 valence electrons. The molecule has 24 heavy (non-hydrogen) atoms. The monoisotopic (exact) mass is 319 g/mol. The summed E-state index contributed by atoms with van der Waals surface area (Å²) in [6.45, 7) is 0.249. The van der Waals surface area contributed by atoms with E-state index in [4.69, 9.17) is 5.26 Å². The van der Waals surface area contributed by atoms with Gasteiger partial charge in [0.15, 0.2) is 0 Å². The van der Waals surface area contributed by atoms with Crippen LogP contribution in [-0.2, 0) is 16.1 Å². The van der Waals surface area contributed by atoms with Crippen molar-refractivity contribution in [3.8, 4) is 6.07 Å². The van der Waals surface area contributed by atoms with Gasteiger partial charge in [-0.3, -0.25) is 9.59 Å². The molecular weight excluding hydrogens is 302 g/mol. The summed E-state index contributed by atoms with van der Waals surface area (Å²) in [6, 6.07) is 18.5. The molecule has 0 fully saturated rings. The van der Waals surface area contributed by atoms with E-state index in [0.29, 0.717) is 5.69 Å². The number of hydrogen-bond donors (Lipinski definition) is 2. The zero-order chi connectivity index (χ0) is 17.2. The van der Waals surface area contributed by atoms with Crippen molar-refractivity contribution in [2.75, 3.05) is 5.32 Å². The van der Waals surface area contributed by atoms with Gasteiger partial charge in [-0.05, 0) is 23.3 Å². The highest BCUT2D eigenvalue weighted by Gasteiger charge is 2.06. The first kappa shape index (κ1) is 17.0. The number of amides is 2. The molecule has 0 atom stereocenters. The third-order valence-electron chi connectivity index (χ3n) is 3.22.